The Morgan fingerprint density at radius 3 is 2.77 bits per heavy atom. The van der Waals surface area contributed by atoms with Crippen LogP contribution >= 0.6 is 11.6 Å². The Balaban J connectivity index is 1.87. The average molecular weight is 375 g/mol. The summed E-state index contributed by atoms with van der Waals surface area (Å²) in [6.45, 7) is 2.22. The first kappa shape index (κ1) is 17.8. The zero-order valence-corrected chi connectivity index (χ0v) is 14.5. The SMILES string of the molecule is CCCN1C(=O)N/C(=C\c2ccc(-c3ccc(Cl)c(C(=O)O)c3)o2)C1=O. The van der Waals surface area contributed by atoms with Gasteiger partial charge in [-0.15, -0.1) is 0 Å². The molecule has 2 aromatic rings. The number of rotatable bonds is 5. The molecule has 7 nitrogen and oxygen atoms in total. The van der Waals surface area contributed by atoms with Crippen LogP contribution in [-0.2, 0) is 4.79 Å². The van der Waals surface area contributed by atoms with Gasteiger partial charge in [-0.2, -0.15) is 0 Å². The molecule has 0 aliphatic carbocycles. The third kappa shape index (κ3) is 3.34. The van der Waals surface area contributed by atoms with Crippen molar-refractivity contribution in [2.24, 2.45) is 0 Å². The summed E-state index contributed by atoms with van der Waals surface area (Å²) in [5.41, 5.74) is 0.631. The second kappa shape index (κ2) is 7.05. The first-order chi connectivity index (χ1) is 12.4. The Labute approximate surface area is 153 Å². The smallest absolute Gasteiger partial charge is 0.337 e. The molecule has 0 atom stereocenters. The predicted molar refractivity (Wildman–Crippen MR) is 94.6 cm³/mol. The van der Waals surface area contributed by atoms with Crippen molar-refractivity contribution >= 4 is 35.6 Å². The predicted octanol–water partition coefficient (Wildman–Crippen LogP) is 3.60. The molecule has 1 aliphatic heterocycles. The fraction of sp³-hybridized carbons (Fsp3) is 0.167. The van der Waals surface area contributed by atoms with E-state index in [9.17, 15) is 14.4 Å². The number of benzene rings is 1. The van der Waals surface area contributed by atoms with E-state index >= 15 is 0 Å². The van der Waals surface area contributed by atoms with Gasteiger partial charge >= 0.3 is 12.0 Å². The molecule has 0 radical (unpaired) electrons. The minimum Gasteiger partial charge on any atom is -0.478 e. The number of amides is 3. The van der Waals surface area contributed by atoms with Gasteiger partial charge in [-0.05, 0) is 36.8 Å². The molecule has 2 N–H and O–H groups in total. The number of aromatic carboxylic acids is 1. The van der Waals surface area contributed by atoms with E-state index in [0.29, 0.717) is 30.0 Å². The largest absolute Gasteiger partial charge is 0.478 e. The average Bonchev–Trinajstić information content (AvgIpc) is 3.16. The van der Waals surface area contributed by atoms with Crippen molar-refractivity contribution < 1.29 is 23.9 Å². The molecule has 1 aromatic carbocycles. The molecule has 2 heterocycles. The quantitative estimate of drug-likeness (QED) is 0.615. The molecule has 0 saturated carbocycles. The number of nitrogens with one attached hydrogen (secondary N) is 1. The number of hydrogen-bond donors (Lipinski definition) is 2. The molecular formula is C18H15ClN2O5. The number of urea groups is 1. The third-order valence-electron chi connectivity index (χ3n) is 3.80. The van der Waals surface area contributed by atoms with E-state index in [1.165, 1.54) is 18.2 Å². The van der Waals surface area contributed by atoms with E-state index in [1.807, 2.05) is 6.92 Å². The van der Waals surface area contributed by atoms with Gasteiger partial charge in [0, 0.05) is 18.2 Å². The van der Waals surface area contributed by atoms with E-state index in [0.717, 1.165) is 4.90 Å². The van der Waals surface area contributed by atoms with Crippen LogP contribution in [0.15, 0.2) is 40.4 Å². The maximum atomic E-state index is 12.2. The molecule has 1 aliphatic rings. The zero-order chi connectivity index (χ0) is 18.8. The lowest BCUT2D eigenvalue weighted by Crippen LogP contribution is -2.31. The fourth-order valence-corrected chi connectivity index (χ4v) is 2.77. The lowest BCUT2D eigenvalue weighted by molar-refractivity contribution is -0.122. The number of carbonyl (C=O) groups is 3. The molecule has 0 bridgehead atoms. The summed E-state index contributed by atoms with van der Waals surface area (Å²) in [6.07, 6.45) is 2.10. The molecule has 134 valence electrons. The van der Waals surface area contributed by atoms with E-state index < -0.39 is 17.9 Å². The Bertz CT molecular complexity index is 931. The van der Waals surface area contributed by atoms with Gasteiger partial charge in [-0.3, -0.25) is 9.69 Å². The molecule has 8 heteroatoms. The Kier molecular flexibility index (Phi) is 4.81. The van der Waals surface area contributed by atoms with Crippen molar-refractivity contribution in [2.75, 3.05) is 6.54 Å². The number of carboxylic acids is 1. The van der Waals surface area contributed by atoms with E-state index in [1.54, 1.807) is 18.2 Å². The summed E-state index contributed by atoms with van der Waals surface area (Å²) in [5.74, 6) is -0.775. The van der Waals surface area contributed by atoms with Crippen LogP contribution in [0.2, 0.25) is 5.02 Å². The highest BCUT2D eigenvalue weighted by Crippen LogP contribution is 2.28. The Morgan fingerprint density at radius 2 is 2.08 bits per heavy atom. The molecular weight excluding hydrogens is 360 g/mol. The number of hydrogen-bond acceptors (Lipinski definition) is 4. The zero-order valence-electron chi connectivity index (χ0n) is 13.8. The van der Waals surface area contributed by atoms with Crippen molar-refractivity contribution in [2.45, 2.75) is 13.3 Å². The van der Waals surface area contributed by atoms with Gasteiger partial charge in [-0.25, -0.2) is 9.59 Å². The van der Waals surface area contributed by atoms with Gasteiger partial charge in [0.1, 0.15) is 17.2 Å². The highest BCUT2D eigenvalue weighted by Gasteiger charge is 2.32. The Morgan fingerprint density at radius 1 is 1.31 bits per heavy atom. The second-order valence-electron chi connectivity index (χ2n) is 5.65. The topological polar surface area (TPSA) is 99.8 Å². The van der Waals surface area contributed by atoms with E-state index in [-0.39, 0.29) is 16.3 Å². The van der Waals surface area contributed by atoms with Crippen LogP contribution < -0.4 is 5.32 Å². The number of furan rings is 1. The van der Waals surface area contributed by atoms with Crippen LogP contribution in [0.3, 0.4) is 0 Å². The molecule has 3 rings (SSSR count). The summed E-state index contributed by atoms with van der Waals surface area (Å²) >= 11 is 5.86. The maximum Gasteiger partial charge on any atom is 0.337 e. The number of carbonyl (C=O) groups excluding carboxylic acids is 2. The van der Waals surface area contributed by atoms with Crippen LogP contribution in [0, 0.1) is 0 Å². The third-order valence-corrected chi connectivity index (χ3v) is 4.13. The van der Waals surface area contributed by atoms with Crippen LogP contribution in [-0.4, -0.2) is 34.5 Å². The molecule has 1 aromatic heterocycles. The van der Waals surface area contributed by atoms with E-state index in [4.69, 9.17) is 21.1 Å². The Hall–Kier alpha value is -3.06. The molecule has 0 spiro atoms. The standard InChI is InChI=1S/C18H15ClN2O5/c1-2-7-21-16(22)14(20-18(21)25)9-11-4-6-15(26-11)10-3-5-13(19)12(8-10)17(23)24/h3-6,8-9H,2,7H2,1H3,(H,20,25)(H,23,24)/b14-9-. The van der Waals surface area contributed by atoms with Gasteiger partial charge in [0.05, 0.1) is 10.6 Å². The maximum absolute atomic E-state index is 12.2. The molecule has 1 fully saturated rings. The highest BCUT2D eigenvalue weighted by atomic mass is 35.5. The van der Waals surface area contributed by atoms with E-state index in [2.05, 4.69) is 5.32 Å². The second-order valence-corrected chi connectivity index (χ2v) is 6.05. The normalized spacial score (nSPS) is 15.6. The van der Waals surface area contributed by atoms with Crippen LogP contribution in [0.25, 0.3) is 17.4 Å². The van der Waals surface area contributed by atoms with Crippen molar-refractivity contribution in [3.05, 3.63) is 52.4 Å². The van der Waals surface area contributed by atoms with Gasteiger partial charge in [0.15, 0.2) is 0 Å². The monoisotopic (exact) mass is 374 g/mol. The summed E-state index contributed by atoms with van der Waals surface area (Å²) in [5, 5.41) is 11.8. The van der Waals surface area contributed by atoms with Crippen LogP contribution in [0.1, 0.15) is 29.5 Å². The van der Waals surface area contributed by atoms with Crippen molar-refractivity contribution in [1.29, 1.82) is 0 Å². The van der Waals surface area contributed by atoms with Crippen molar-refractivity contribution in [3.8, 4) is 11.3 Å². The molecule has 26 heavy (non-hydrogen) atoms. The number of carboxylic acid groups (broad SMARTS) is 1. The minimum absolute atomic E-state index is 0.0334. The number of nitrogens with zero attached hydrogens (tertiary/aromatic N) is 1. The molecule has 0 unspecified atom stereocenters. The van der Waals surface area contributed by atoms with Gasteiger partial charge in [0.25, 0.3) is 5.91 Å². The summed E-state index contributed by atoms with van der Waals surface area (Å²) in [6, 6.07) is 7.33. The summed E-state index contributed by atoms with van der Waals surface area (Å²) in [7, 11) is 0. The van der Waals surface area contributed by atoms with Gasteiger partial charge in [0.2, 0.25) is 0 Å². The summed E-state index contributed by atoms with van der Waals surface area (Å²) < 4.78 is 5.65. The number of imide groups is 1. The summed E-state index contributed by atoms with van der Waals surface area (Å²) in [4.78, 5) is 36.3. The van der Waals surface area contributed by atoms with Crippen LogP contribution in [0.4, 0.5) is 4.79 Å². The highest BCUT2D eigenvalue weighted by molar-refractivity contribution is 6.33. The van der Waals surface area contributed by atoms with Crippen LogP contribution in [0.5, 0.6) is 0 Å². The van der Waals surface area contributed by atoms with Crippen molar-refractivity contribution in [1.82, 2.24) is 10.2 Å². The first-order valence-corrected chi connectivity index (χ1v) is 8.26. The first-order valence-electron chi connectivity index (χ1n) is 7.88. The van der Waals surface area contributed by atoms with Crippen molar-refractivity contribution in [3.63, 3.8) is 0 Å². The molecule has 3 amide bonds. The van der Waals surface area contributed by atoms with Gasteiger partial charge in [-0.1, -0.05) is 18.5 Å². The lowest BCUT2D eigenvalue weighted by Gasteiger charge is -2.08. The molecule has 1 saturated heterocycles. The van der Waals surface area contributed by atoms with Gasteiger partial charge < -0.3 is 14.8 Å². The minimum atomic E-state index is -1.14. The number of halogens is 1. The lowest BCUT2D eigenvalue weighted by atomic mass is 10.1. The fourth-order valence-electron chi connectivity index (χ4n) is 2.57.